The van der Waals surface area contributed by atoms with Crippen LogP contribution in [-0.4, -0.2) is 35.7 Å². The van der Waals surface area contributed by atoms with Crippen LogP contribution in [0, 0.1) is 5.92 Å². The summed E-state index contributed by atoms with van der Waals surface area (Å²) in [5.41, 5.74) is 0. The summed E-state index contributed by atoms with van der Waals surface area (Å²) >= 11 is 0. The van der Waals surface area contributed by atoms with Gasteiger partial charge in [0, 0.05) is 19.5 Å². The average Bonchev–Trinajstić information content (AvgIpc) is 2.90. The molecule has 1 amide bonds. The highest BCUT2D eigenvalue weighted by Crippen LogP contribution is 2.06. The van der Waals surface area contributed by atoms with Crippen LogP contribution in [0.25, 0.3) is 0 Å². The second kappa shape index (κ2) is 4.88. The van der Waals surface area contributed by atoms with E-state index in [0.717, 1.165) is 19.5 Å². The first-order valence-electron chi connectivity index (χ1n) is 5.10. The maximum Gasteiger partial charge on any atom is 0.224 e. The van der Waals surface area contributed by atoms with E-state index in [4.69, 9.17) is 0 Å². The molecule has 1 aliphatic rings. The molecule has 0 saturated carbocycles. The van der Waals surface area contributed by atoms with Crippen molar-refractivity contribution in [3.63, 3.8) is 0 Å². The molecule has 0 aromatic carbocycles. The Morgan fingerprint density at radius 1 is 1.73 bits per heavy atom. The van der Waals surface area contributed by atoms with Gasteiger partial charge < -0.3 is 15.2 Å². The van der Waals surface area contributed by atoms with Crippen molar-refractivity contribution in [2.45, 2.75) is 12.8 Å². The summed E-state index contributed by atoms with van der Waals surface area (Å²) in [7, 11) is 0. The molecule has 0 bridgehead atoms. The normalized spacial score (nSPS) is 20.4. The third-order valence-corrected chi connectivity index (χ3v) is 2.49. The topological polar surface area (TPSA) is 80.1 Å². The predicted octanol–water partition coefficient (Wildman–Crippen LogP) is -0.662. The van der Waals surface area contributed by atoms with E-state index in [9.17, 15) is 4.79 Å². The molecule has 1 aliphatic heterocycles. The van der Waals surface area contributed by atoms with Crippen LogP contribution in [-0.2, 0) is 11.2 Å². The van der Waals surface area contributed by atoms with Crippen LogP contribution < -0.4 is 10.6 Å². The van der Waals surface area contributed by atoms with Crippen molar-refractivity contribution in [3.8, 4) is 0 Å². The quantitative estimate of drug-likeness (QED) is 0.689. The van der Waals surface area contributed by atoms with E-state index < -0.39 is 0 Å². The van der Waals surface area contributed by atoms with Crippen LogP contribution >= 0.6 is 0 Å². The summed E-state index contributed by atoms with van der Waals surface area (Å²) in [4.78, 5) is 15.4. The third kappa shape index (κ3) is 2.76. The van der Waals surface area contributed by atoms with E-state index in [1.807, 2.05) is 0 Å². The van der Waals surface area contributed by atoms with Gasteiger partial charge in [-0.25, -0.2) is 0 Å². The molecule has 1 unspecified atom stereocenters. The van der Waals surface area contributed by atoms with E-state index >= 15 is 0 Å². The Balaban J connectivity index is 1.67. The number of carbonyl (C=O) groups excluding carboxylic acids is 1. The van der Waals surface area contributed by atoms with Crippen molar-refractivity contribution in [3.05, 3.63) is 12.2 Å². The summed E-state index contributed by atoms with van der Waals surface area (Å²) in [5, 5.41) is 9.68. The number of aromatic nitrogens is 2. The smallest absolute Gasteiger partial charge is 0.224 e. The highest BCUT2D eigenvalue weighted by atomic mass is 16.5. The van der Waals surface area contributed by atoms with Crippen molar-refractivity contribution in [2.24, 2.45) is 5.92 Å². The van der Waals surface area contributed by atoms with Gasteiger partial charge in [-0.3, -0.25) is 4.79 Å². The minimum atomic E-state index is 0.114. The second-order valence-electron chi connectivity index (χ2n) is 3.58. The number of nitrogens with zero attached hydrogens (tertiary/aromatic N) is 2. The van der Waals surface area contributed by atoms with Crippen molar-refractivity contribution >= 4 is 5.91 Å². The molecule has 0 radical (unpaired) electrons. The van der Waals surface area contributed by atoms with Gasteiger partial charge in [-0.1, -0.05) is 5.16 Å². The first-order chi connectivity index (χ1) is 7.36. The molecule has 15 heavy (non-hydrogen) atoms. The van der Waals surface area contributed by atoms with Crippen LogP contribution in [0.5, 0.6) is 0 Å². The van der Waals surface area contributed by atoms with E-state index in [1.165, 1.54) is 6.39 Å². The van der Waals surface area contributed by atoms with E-state index in [0.29, 0.717) is 18.8 Å². The SMILES string of the molecule is O=C(NCCc1ncon1)C1CCNC1. The van der Waals surface area contributed by atoms with Crippen LogP contribution in [0.4, 0.5) is 0 Å². The van der Waals surface area contributed by atoms with E-state index in [2.05, 4.69) is 25.3 Å². The zero-order valence-electron chi connectivity index (χ0n) is 8.40. The highest BCUT2D eigenvalue weighted by Gasteiger charge is 2.21. The number of carbonyl (C=O) groups is 1. The Kier molecular flexibility index (Phi) is 3.29. The molecule has 1 fully saturated rings. The summed E-state index contributed by atoms with van der Waals surface area (Å²) < 4.78 is 4.59. The Morgan fingerprint density at radius 3 is 3.33 bits per heavy atom. The molecule has 1 aromatic rings. The summed E-state index contributed by atoms with van der Waals surface area (Å²) in [5.74, 6) is 0.860. The Morgan fingerprint density at radius 2 is 2.67 bits per heavy atom. The fraction of sp³-hybridized carbons (Fsp3) is 0.667. The van der Waals surface area contributed by atoms with Gasteiger partial charge in [-0.2, -0.15) is 4.98 Å². The summed E-state index contributed by atoms with van der Waals surface area (Å²) in [6, 6.07) is 0. The number of amides is 1. The number of nitrogens with one attached hydrogen (secondary N) is 2. The summed E-state index contributed by atoms with van der Waals surface area (Å²) in [6.07, 6.45) is 2.83. The lowest BCUT2D eigenvalue weighted by atomic mass is 10.1. The molecule has 2 rings (SSSR count). The lowest BCUT2D eigenvalue weighted by molar-refractivity contribution is -0.124. The van der Waals surface area contributed by atoms with Crippen LogP contribution in [0.1, 0.15) is 12.2 Å². The lowest BCUT2D eigenvalue weighted by Gasteiger charge is -2.08. The minimum Gasteiger partial charge on any atom is -0.355 e. The van der Waals surface area contributed by atoms with Crippen molar-refractivity contribution in [1.29, 1.82) is 0 Å². The Hall–Kier alpha value is -1.43. The second-order valence-corrected chi connectivity index (χ2v) is 3.58. The van der Waals surface area contributed by atoms with Crippen LogP contribution in [0.3, 0.4) is 0 Å². The van der Waals surface area contributed by atoms with Gasteiger partial charge in [0.1, 0.15) is 0 Å². The predicted molar refractivity (Wildman–Crippen MR) is 52.0 cm³/mol. The molecule has 2 heterocycles. The molecule has 6 nitrogen and oxygen atoms in total. The molecule has 1 saturated heterocycles. The van der Waals surface area contributed by atoms with Gasteiger partial charge in [0.25, 0.3) is 0 Å². The zero-order valence-corrected chi connectivity index (χ0v) is 8.40. The molecule has 1 aromatic heterocycles. The fourth-order valence-corrected chi connectivity index (χ4v) is 1.62. The first-order valence-corrected chi connectivity index (χ1v) is 5.10. The van der Waals surface area contributed by atoms with Crippen molar-refractivity contribution in [1.82, 2.24) is 20.8 Å². The van der Waals surface area contributed by atoms with Gasteiger partial charge in [-0.15, -0.1) is 0 Å². The Bertz CT molecular complexity index is 306. The van der Waals surface area contributed by atoms with Gasteiger partial charge in [0.2, 0.25) is 12.3 Å². The van der Waals surface area contributed by atoms with Crippen molar-refractivity contribution < 1.29 is 9.32 Å². The number of hydrogen-bond acceptors (Lipinski definition) is 5. The average molecular weight is 210 g/mol. The fourth-order valence-electron chi connectivity index (χ4n) is 1.62. The molecular weight excluding hydrogens is 196 g/mol. The maximum atomic E-state index is 11.6. The monoisotopic (exact) mass is 210 g/mol. The zero-order chi connectivity index (χ0) is 10.5. The van der Waals surface area contributed by atoms with Gasteiger partial charge in [0.05, 0.1) is 5.92 Å². The molecular formula is C9H14N4O2. The minimum absolute atomic E-state index is 0.114. The number of rotatable bonds is 4. The highest BCUT2D eigenvalue weighted by molar-refractivity contribution is 5.79. The largest absolute Gasteiger partial charge is 0.355 e. The molecule has 6 heteroatoms. The first kappa shape index (κ1) is 10.1. The lowest BCUT2D eigenvalue weighted by Crippen LogP contribution is -2.33. The third-order valence-electron chi connectivity index (χ3n) is 2.49. The molecule has 2 N–H and O–H groups in total. The summed E-state index contributed by atoms with van der Waals surface area (Å²) in [6.45, 7) is 2.28. The maximum absolute atomic E-state index is 11.6. The molecule has 0 spiro atoms. The van der Waals surface area contributed by atoms with Crippen LogP contribution in [0.15, 0.2) is 10.9 Å². The standard InChI is InChI=1S/C9H14N4O2/c14-9(7-1-3-10-5-7)11-4-2-8-12-6-15-13-8/h6-7,10H,1-5H2,(H,11,14). The molecule has 0 aliphatic carbocycles. The molecule has 1 atom stereocenters. The van der Waals surface area contributed by atoms with E-state index in [-0.39, 0.29) is 11.8 Å². The molecule has 82 valence electrons. The van der Waals surface area contributed by atoms with Crippen molar-refractivity contribution in [2.75, 3.05) is 19.6 Å². The van der Waals surface area contributed by atoms with Gasteiger partial charge >= 0.3 is 0 Å². The van der Waals surface area contributed by atoms with Crippen LogP contribution in [0.2, 0.25) is 0 Å². The van der Waals surface area contributed by atoms with Gasteiger partial charge in [-0.05, 0) is 13.0 Å². The van der Waals surface area contributed by atoms with Gasteiger partial charge in [0.15, 0.2) is 5.82 Å². The van der Waals surface area contributed by atoms with E-state index in [1.54, 1.807) is 0 Å². The Labute approximate surface area is 87.4 Å². The number of hydrogen-bond donors (Lipinski definition) is 2.